The summed E-state index contributed by atoms with van der Waals surface area (Å²) in [7, 11) is 0. The molecule has 3 heterocycles. The summed E-state index contributed by atoms with van der Waals surface area (Å²) < 4.78 is 5.46. The molecule has 0 saturated heterocycles. The number of amides is 1. The lowest BCUT2D eigenvalue weighted by atomic mass is 10.3. The lowest BCUT2D eigenvalue weighted by Crippen LogP contribution is -2.21. The van der Waals surface area contributed by atoms with Crippen LogP contribution in [0.3, 0.4) is 0 Å². The summed E-state index contributed by atoms with van der Waals surface area (Å²) in [6.07, 6.45) is 3.31. The zero-order chi connectivity index (χ0) is 13.8. The molecule has 0 unspecified atom stereocenters. The Balaban J connectivity index is 1.65. The molecule has 3 rings (SSSR count). The highest BCUT2D eigenvalue weighted by atomic mass is 32.1. The second kappa shape index (κ2) is 5.62. The van der Waals surface area contributed by atoms with Crippen LogP contribution in [0, 0.1) is 0 Å². The zero-order valence-corrected chi connectivity index (χ0v) is 11.1. The van der Waals surface area contributed by atoms with E-state index in [4.69, 9.17) is 4.42 Å². The average Bonchev–Trinajstić information content (AvgIpc) is 3.17. The molecule has 3 aromatic heterocycles. The van der Waals surface area contributed by atoms with Crippen LogP contribution in [0.25, 0.3) is 11.5 Å². The van der Waals surface area contributed by atoms with Crippen molar-refractivity contribution < 1.29 is 9.21 Å². The summed E-state index contributed by atoms with van der Waals surface area (Å²) >= 11 is 1.38. The van der Waals surface area contributed by atoms with Crippen molar-refractivity contribution in [1.29, 1.82) is 0 Å². The van der Waals surface area contributed by atoms with Crippen molar-refractivity contribution in [2.75, 3.05) is 0 Å². The SMILES string of the molecule is O=C(NCc1nnc(-c2cccnc2)o1)c1cccs1. The number of hydrogen-bond donors (Lipinski definition) is 1. The van der Waals surface area contributed by atoms with E-state index in [1.165, 1.54) is 11.3 Å². The van der Waals surface area contributed by atoms with Gasteiger partial charge in [0.05, 0.1) is 17.0 Å². The second-order valence-electron chi connectivity index (χ2n) is 3.90. The molecule has 0 radical (unpaired) electrons. The number of nitrogens with zero attached hydrogens (tertiary/aromatic N) is 3. The van der Waals surface area contributed by atoms with Crippen molar-refractivity contribution in [2.45, 2.75) is 6.54 Å². The predicted molar refractivity (Wildman–Crippen MR) is 73.0 cm³/mol. The average molecular weight is 286 g/mol. The molecule has 7 heteroatoms. The maximum absolute atomic E-state index is 11.8. The molecule has 3 aromatic rings. The minimum atomic E-state index is -0.152. The Labute approximate surface area is 118 Å². The van der Waals surface area contributed by atoms with E-state index in [0.717, 1.165) is 5.56 Å². The fraction of sp³-hybridized carbons (Fsp3) is 0.0769. The van der Waals surface area contributed by atoms with E-state index in [-0.39, 0.29) is 12.5 Å². The second-order valence-corrected chi connectivity index (χ2v) is 4.85. The number of nitrogens with one attached hydrogen (secondary N) is 1. The van der Waals surface area contributed by atoms with Crippen LogP contribution in [0.1, 0.15) is 15.6 Å². The van der Waals surface area contributed by atoms with E-state index in [1.807, 2.05) is 17.5 Å². The molecule has 0 atom stereocenters. The highest BCUT2D eigenvalue weighted by Crippen LogP contribution is 2.15. The number of aromatic nitrogens is 3. The first-order valence-corrected chi connectivity index (χ1v) is 6.75. The van der Waals surface area contributed by atoms with Crippen LogP contribution in [-0.2, 0) is 6.54 Å². The third-order valence-electron chi connectivity index (χ3n) is 2.52. The Morgan fingerprint density at radius 1 is 1.30 bits per heavy atom. The molecular weight excluding hydrogens is 276 g/mol. The fourth-order valence-corrected chi connectivity index (χ4v) is 2.22. The Morgan fingerprint density at radius 2 is 2.25 bits per heavy atom. The van der Waals surface area contributed by atoms with E-state index in [0.29, 0.717) is 16.7 Å². The summed E-state index contributed by atoms with van der Waals surface area (Å²) in [6, 6.07) is 7.20. The molecule has 0 saturated carbocycles. The maximum atomic E-state index is 11.8. The molecule has 20 heavy (non-hydrogen) atoms. The van der Waals surface area contributed by atoms with Crippen molar-refractivity contribution in [3.05, 3.63) is 52.8 Å². The molecule has 0 spiro atoms. The standard InChI is InChI=1S/C13H10N4O2S/c18-12(10-4-2-6-20-10)15-8-11-16-17-13(19-11)9-3-1-5-14-7-9/h1-7H,8H2,(H,15,18). The lowest BCUT2D eigenvalue weighted by molar-refractivity contribution is 0.0951. The van der Waals surface area contributed by atoms with Crippen molar-refractivity contribution in [2.24, 2.45) is 0 Å². The quantitative estimate of drug-likeness (QED) is 0.794. The molecule has 0 bridgehead atoms. The first kappa shape index (κ1) is 12.5. The fourth-order valence-electron chi connectivity index (χ4n) is 1.58. The van der Waals surface area contributed by atoms with Crippen LogP contribution in [0.5, 0.6) is 0 Å². The molecule has 1 N–H and O–H groups in total. The molecule has 0 aromatic carbocycles. The molecule has 100 valence electrons. The van der Waals surface area contributed by atoms with Gasteiger partial charge >= 0.3 is 0 Å². The van der Waals surface area contributed by atoms with Crippen LogP contribution in [0.15, 0.2) is 46.5 Å². The van der Waals surface area contributed by atoms with Gasteiger partial charge in [-0.3, -0.25) is 9.78 Å². The molecule has 0 aliphatic rings. The van der Waals surface area contributed by atoms with E-state index < -0.39 is 0 Å². The topological polar surface area (TPSA) is 80.9 Å². The van der Waals surface area contributed by atoms with Gasteiger partial charge in [-0.2, -0.15) is 0 Å². The number of hydrogen-bond acceptors (Lipinski definition) is 6. The van der Waals surface area contributed by atoms with E-state index in [1.54, 1.807) is 24.5 Å². The number of rotatable bonds is 4. The van der Waals surface area contributed by atoms with Gasteiger partial charge in [-0.25, -0.2) is 0 Å². The van der Waals surface area contributed by atoms with E-state index in [2.05, 4.69) is 20.5 Å². The van der Waals surface area contributed by atoms with Gasteiger partial charge in [-0.1, -0.05) is 6.07 Å². The smallest absolute Gasteiger partial charge is 0.261 e. The minimum absolute atomic E-state index is 0.152. The monoisotopic (exact) mass is 286 g/mol. The summed E-state index contributed by atoms with van der Waals surface area (Å²) in [4.78, 5) is 16.4. The Hall–Kier alpha value is -2.54. The highest BCUT2D eigenvalue weighted by Gasteiger charge is 2.11. The minimum Gasteiger partial charge on any atom is -0.419 e. The zero-order valence-electron chi connectivity index (χ0n) is 10.3. The van der Waals surface area contributed by atoms with Gasteiger partial charge in [0.2, 0.25) is 11.8 Å². The lowest BCUT2D eigenvalue weighted by Gasteiger charge is -1.98. The Morgan fingerprint density at radius 3 is 3.00 bits per heavy atom. The van der Waals surface area contributed by atoms with Crippen LogP contribution in [0.2, 0.25) is 0 Å². The highest BCUT2D eigenvalue weighted by molar-refractivity contribution is 7.12. The van der Waals surface area contributed by atoms with Crippen LogP contribution in [-0.4, -0.2) is 21.1 Å². The molecule has 0 aliphatic carbocycles. The first-order chi connectivity index (χ1) is 9.83. The van der Waals surface area contributed by atoms with E-state index >= 15 is 0 Å². The number of carbonyl (C=O) groups is 1. The van der Waals surface area contributed by atoms with Gasteiger partial charge < -0.3 is 9.73 Å². The van der Waals surface area contributed by atoms with Gasteiger partial charge in [0, 0.05) is 12.4 Å². The van der Waals surface area contributed by atoms with Gasteiger partial charge in [0.1, 0.15) is 0 Å². The van der Waals surface area contributed by atoms with Crippen molar-refractivity contribution >= 4 is 17.2 Å². The molecule has 1 amide bonds. The normalized spacial score (nSPS) is 10.4. The molecule has 0 aliphatic heterocycles. The number of carbonyl (C=O) groups excluding carboxylic acids is 1. The molecule has 6 nitrogen and oxygen atoms in total. The number of pyridine rings is 1. The predicted octanol–water partition coefficient (Wildman–Crippen LogP) is 2.12. The third-order valence-corrected chi connectivity index (χ3v) is 3.39. The summed E-state index contributed by atoms with van der Waals surface area (Å²) in [5.74, 6) is 0.591. The Kier molecular flexibility index (Phi) is 3.51. The summed E-state index contributed by atoms with van der Waals surface area (Å²) in [5.41, 5.74) is 0.746. The van der Waals surface area contributed by atoms with Crippen molar-refractivity contribution in [3.63, 3.8) is 0 Å². The molecular formula is C13H10N4O2S. The largest absolute Gasteiger partial charge is 0.419 e. The Bertz CT molecular complexity index is 694. The maximum Gasteiger partial charge on any atom is 0.261 e. The summed E-state index contributed by atoms with van der Waals surface area (Å²) in [6.45, 7) is 0.198. The number of thiophene rings is 1. The molecule has 0 fully saturated rings. The van der Waals surface area contributed by atoms with Gasteiger partial charge in [0.25, 0.3) is 5.91 Å². The van der Waals surface area contributed by atoms with Gasteiger partial charge in [-0.05, 0) is 23.6 Å². The van der Waals surface area contributed by atoms with Crippen molar-refractivity contribution in [1.82, 2.24) is 20.5 Å². The van der Waals surface area contributed by atoms with Crippen molar-refractivity contribution in [3.8, 4) is 11.5 Å². The third kappa shape index (κ3) is 2.72. The van der Waals surface area contributed by atoms with E-state index in [9.17, 15) is 4.79 Å². The summed E-state index contributed by atoms with van der Waals surface area (Å²) in [5, 5.41) is 12.4. The van der Waals surface area contributed by atoms with Gasteiger partial charge in [-0.15, -0.1) is 21.5 Å². The van der Waals surface area contributed by atoms with Crippen LogP contribution in [0.4, 0.5) is 0 Å². The van der Waals surface area contributed by atoms with Crippen LogP contribution < -0.4 is 5.32 Å². The van der Waals surface area contributed by atoms with Gasteiger partial charge in [0.15, 0.2) is 0 Å². The first-order valence-electron chi connectivity index (χ1n) is 5.87. The van der Waals surface area contributed by atoms with Crippen LogP contribution >= 0.6 is 11.3 Å².